The highest BCUT2D eigenvalue weighted by molar-refractivity contribution is 5.79. The Balaban J connectivity index is 3.90. The quantitative estimate of drug-likeness (QED) is 0.471. The summed E-state index contributed by atoms with van der Waals surface area (Å²) in [5.74, 6) is -0.173. The second-order valence-corrected chi connectivity index (χ2v) is 4.52. The zero-order valence-electron chi connectivity index (χ0n) is 12.2. The summed E-state index contributed by atoms with van der Waals surface area (Å²) >= 11 is 0. The van der Waals surface area contributed by atoms with E-state index in [1.807, 2.05) is 20.8 Å². The van der Waals surface area contributed by atoms with Crippen molar-refractivity contribution in [1.82, 2.24) is 4.90 Å². The second-order valence-electron chi connectivity index (χ2n) is 4.52. The Morgan fingerprint density at radius 1 is 1.17 bits per heavy atom. The monoisotopic (exact) mass is 257 g/mol. The minimum Gasteiger partial charge on any atom is -0.466 e. The lowest BCUT2D eigenvalue weighted by molar-refractivity contribution is -0.144. The molecule has 0 rings (SSSR count). The van der Waals surface area contributed by atoms with Crippen LogP contribution in [0.2, 0.25) is 0 Å². The molecule has 0 spiro atoms. The van der Waals surface area contributed by atoms with Crippen LogP contribution in [0.25, 0.3) is 0 Å². The molecule has 18 heavy (non-hydrogen) atoms. The summed E-state index contributed by atoms with van der Waals surface area (Å²) in [5, 5.41) is 0. The van der Waals surface area contributed by atoms with E-state index >= 15 is 0 Å². The van der Waals surface area contributed by atoms with Gasteiger partial charge in [0.25, 0.3) is 0 Å². The van der Waals surface area contributed by atoms with Crippen molar-refractivity contribution in [1.29, 1.82) is 0 Å². The van der Waals surface area contributed by atoms with Gasteiger partial charge >= 0.3 is 5.97 Å². The lowest BCUT2D eigenvalue weighted by Crippen LogP contribution is -2.35. The van der Waals surface area contributed by atoms with Gasteiger partial charge < -0.3 is 9.64 Å². The van der Waals surface area contributed by atoms with E-state index in [0.29, 0.717) is 19.4 Å². The Morgan fingerprint density at radius 3 is 2.28 bits per heavy atom. The van der Waals surface area contributed by atoms with E-state index in [9.17, 15) is 9.59 Å². The van der Waals surface area contributed by atoms with Crippen molar-refractivity contribution < 1.29 is 14.3 Å². The zero-order valence-corrected chi connectivity index (χ0v) is 12.2. The predicted octanol–water partition coefficient (Wildman–Crippen LogP) is 2.61. The third-order valence-electron chi connectivity index (χ3n) is 3.04. The molecule has 0 aromatic carbocycles. The number of nitrogens with zero attached hydrogens (tertiary/aromatic N) is 1. The molecule has 0 aliphatic heterocycles. The molecule has 0 saturated carbocycles. The van der Waals surface area contributed by atoms with E-state index in [1.54, 1.807) is 4.90 Å². The number of carbonyl (C=O) groups excluding carboxylic acids is 2. The van der Waals surface area contributed by atoms with Gasteiger partial charge in [-0.3, -0.25) is 9.59 Å². The Morgan fingerprint density at radius 2 is 1.78 bits per heavy atom. The maximum atomic E-state index is 12.0. The Labute approximate surface area is 111 Å². The summed E-state index contributed by atoms with van der Waals surface area (Å²) in [6, 6.07) is 0. The van der Waals surface area contributed by atoms with Crippen LogP contribution in [0.5, 0.6) is 0 Å². The first kappa shape index (κ1) is 16.9. The number of rotatable bonds is 9. The lowest BCUT2D eigenvalue weighted by atomic mass is 10.0. The fourth-order valence-electron chi connectivity index (χ4n) is 1.71. The van der Waals surface area contributed by atoms with Crippen molar-refractivity contribution in [2.24, 2.45) is 5.92 Å². The highest BCUT2D eigenvalue weighted by Crippen LogP contribution is 2.10. The standard InChI is InChI=1S/C14H27NO3/c1-5-8-11-18-13(16)10-9-12(4)14(17)15(6-2)7-3/h12H,5-11H2,1-4H3. The van der Waals surface area contributed by atoms with Gasteiger partial charge in [-0.05, 0) is 26.7 Å². The molecule has 1 unspecified atom stereocenters. The highest BCUT2D eigenvalue weighted by Gasteiger charge is 2.19. The van der Waals surface area contributed by atoms with Gasteiger partial charge in [0.1, 0.15) is 0 Å². The summed E-state index contributed by atoms with van der Waals surface area (Å²) < 4.78 is 5.06. The number of esters is 1. The molecule has 1 amide bonds. The van der Waals surface area contributed by atoms with Crippen molar-refractivity contribution in [2.75, 3.05) is 19.7 Å². The summed E-state index contributed by atoms with van der Waals surface area (Å²) in [7, 11) is 0. The molecule has 0 aromatic heterocycles. The summed E-state index contributed by atoms with van der Waals surface area (Å²) in [6.07, 6.45) is 2.82. The molecule has 0 bridgehead atoms. The first-order chi connectivity index (χ1) is 8.56. The van der Waals surface area contributed by atoms with Crippen LogP contribution >= 0.6 is 0 Å². The minimum absolute atomic E-state index is 0.108. The maximum Gasteiger partial charge on any atom is 0.305 e. The van der Waals surface area contributed by atoms with Crippen LogP contribution in [-0.4, -0.2) is 36.5 Å². The van der Waals surface area contributed by atoms with Crippen molar-refractivity contribution in [2.45, 2.75) is 53.4 Å². The first-order valence-electron chi connectivity index (χ1n) is 7.01. The fraction of sp³-hybridized carbons (Fsp3) is 0.857. The molecule has 4 nitrogen and oxygen atoms in total. The number of carbonyl (C=O) groups is 2. The van der Waals surface area contributed by atoms with Crippen molar-refractivity contribution in [3.8, 4) is 0 Å². The van der Waals surface area contributed by atoms with Gasteiger partial charge in [-0.25, -0.2) is 0 Å². The Kier molecular flexibility index (Phi) is 9.33. The second kappa shape index (κ2) is 9.92. The van der Waals surface area contributed by atoms with E-state index in [0.717, 1.165) is 25.9 Å². The smallest absolute Gasteiger partial charge is 0.305 e. The number of hydrogen-bond acceptors (Lipinski definition) is 3. The van der Waals surface area contributed by atoms with Gasteiger partial charge in [-0.15, -0.1) is 0 Å². The Hall–Kier alpha value is -1.06. The molecule has 106 valence electrons. The molecule has 0 radical (unpaired) electrons. The molecule has 0 aromatic rings. The number of amides is 1. The largest absolute Gasteiger partial charge is 0.466 e. The molecule has 0 fully saturated rings. The first-order valence-corrected chi connectivity index (χ1v) is 7.01. The van der Waals surface area contributed by atoms with Crippen LogP contribution in [0.1, 0.15) is 53.4 Å². The molecular weight excluding hydrogens is 230 g/mol. The normalized spacial score (nSPS) is 12.0. The average molecular weight is 257 g/mol. The molecule has 0 aliphatic carbocycles. The Bertz CT molecular complexity index is 249. The number of unbranched alkanes of at least 4 members (excludes halogenated alkanes) is 1. The topological polar surface area (TPSA) is 46.6 Å². The highest BCUT2D eigenvalue weighted by atomic mass is 16.5. The summed E-state index contributed by atoms with van der Waals surface area (Å²) in [4.78, 5) is 25.2. The number of hydrogen-bond donors (Lipinski definition) is 0. The van der Waals surface area contributed by atoms with Crippen molar-refractivity contribution >= 4 is 11.9 Å². The van der Waals surface area contributed by atoms with Gasteiger partial charge in [-0.1, -0.05) is 20.3 Å². The van der Waals surface area contributed by atoms with E-state index in [1.165, 1.54) is 0 Å². The van der Waals surface area contributed by atoms with E-state index in [-0.39, 0.29) is 17.8 Å². The van der Waals surface area contributed by atoms with Crippen molar-refractivity contribution in [3.63, 3.8) is 0 Å². The van der Waals surface area contributed by atoms with Gasteiger partial charge in [0.2, 0.25) is 5.91 Å². The minimum atomic E-state index is -0.192. The van der Waals surface area contributed by atoms with E-state index < -0.39 is 0 Å². The molecule has 4 heteroatoms. The zero-order chi connectivity index (χ0) is 14.0. The fourth-order valence-corrected chi connectivity index (χ4v) is 1.71. The third kappa shape index (κ3) is 6.62. The average Bonchev–Trinajstić information content (AvgIpc) is 2.37. The molecule has 1 atom stereocenters. The van der Waals surface area contributed by atoms with Crippen LogP contribution in [0.4, 0.5) is 0 Å². The van der Waals surface area contributed by atoms with Gasteiger partial charge in [0.15, 0.2) is 0 Å². The van der Waals surface area contributed by atoms with Crippen LogP contribution in [0, 0.1) is 5.92 Å². The molecule has 0 aliphatic rings. The summed E-state index contributed by atoms with van der Waals surface area (Å²) in [5.41, 5.74) is 0. The van der Waals surface area contributed by atoms with Crippen LogP contribution < -0.4 is 0 Å². The van der Waals surface area contributed by atoms with Gasteiger partial charge in [0.05, 0.1) is 6.61 Å². The van der Waals surface area contributed by atoms with Gasteiger partial charge in [0, 0.05) is 25.4 Å². The SMILES string of the molecule is CCCCOC(=O)CCC(C)C(=O)N(CC)CC. The predicted molar refractivity (Wildman–Crippen MR) is 72.2 cm³/mol. The molecular formula is C14H27NO3. The summed E-state index contributed by atoms with van der Waals surface area (Å²) in [6.45, 7) is 9.80. The molecule has 0 heterocycles. The maximum absolute atomic E-state index is 12.0. The van der Waals surface area contributed by atoms with Crippen molar-refractivity contribution in [3.05, 3.63) is 0 Å². The van der Waals surface area contributed by atoms with Crippen LogP contribution in [0.3, 0.4) is 0 Å². The van der Waals surface area contributed by atoms with Crippen LogP contribution in [0.15, 0.2) is 0 Å². The molecule has 0 saturated heterocycles. The van der Waals surface area contributed by atoms with Gasteiger partial charge in [-0.2, -0.15) is 0 Å². The number of ether oxygens (including phenoxy) is 1. The van der Waals surface area contributed by atoms with Crippen LogP contribution in [-0.2, 0) is 14.3 Å². The van der Waals surface area contributed by atoms with E-state index in [2.05, 4.69) is 6.92 Å². The lowest BCUT2D eigenvalue weighted by Gasteiger charge is -2.22. The molecule has 0 N–H and O–H groups in total. The van der Waals surface area contributed by atoms with E-state index in [4.69, 9.17) is 4.74 Å². The third-order valence-corrected chi connectivity index (χ3v) is 3.04.